The first-order valence-electron chi connectivity index (χ1n) is 2.68. The molecule has 0 fully saturated rings. The van der Waals surface area contributed by atoms with Gasteiger partial charge in [-0.3, -0.25) is 0 Å². The maximum atomic E-state index is 5.66. The molecule has 1 aromatic rings. The van der Waals surface area contributed by atoms with Gasteiger partial charge in [0.15, 0.2) is 0 Å². The molecule has 0 aliphatic rings. The van der Waals surface area contributed by atoms with Gasteiger partial charge in [0.05, 0.1) is 0 Å². The Kier molecular flexibility index (Phi) is 2.59. The summed E-state index contributed by atoms with van der Waals surface area (Å²) >= 11 is 8.20. The molecule has 0 saturated carbocycles. The quantitative estimate of drug-likeness (QED) is 0.613. The molecule has 0 spiro atoms. The molecule has 0 aromatic heterocycles. The van der Waals surface area contributed by atoms with Crippen LogP contribution in [0.15, 0.2) is 24.3 Å². The molecular formula is C7H7ClSe. The summed E-state index contributed by atoms with van der Waals surface area (Å²) < 4.78 is 0. The Hall–Kier alpha value is 0.0295. The van der Waals surface area contributed by atoms with E-state index in [0.29, 0.717) is 0 Å². The second-order valence-corrected chi connectivity index (χ2v) is 2.88. The fourth-order valence-electron chi connectivity index (χ4n) is 0.590. The summed E-state index contributed by atoms with van der Waals surface area (Å²) in [7, 11) is 0. The standard InChI is InChI=1S/C7H7ClSe/c8-7-3-1-6(5-9)2-4-7/h1-4,9H,5H2. The molecule has 1 rings (SSSR count). The van der Waals surface area contributed by atoms with E-state index in [9.17, 15) is 0 Å². The van der Waals surface area contributed by atoms with E-state index in [4.69, 9.17) is 11.6 Å². The summed E-state index contributed by atoms with van der Waals surface area (Å²) in [6.45, 7) is 0. The van der Waals surface area contributed by atoms with Crippen molar-refractivity contribution in [2.75, 3.05) is 0 Å². The topological polar surface area (TPSA) is 0 Å². The van der Waals surface area contributed by atoms with Gasteiger partial charge in [-0.1, -0.05) is 0 Å². The van der Waals surface area contributed by atoms with Crippen molar-refractivity contribution >= 4 is 27.6 Å². The van der Waals surface area contributed by atoms with Crippen molar-refractivity contribution < 1.29 is 0 Å². The van der Waals surface area contributed by atoms with E-state index in [0.717, 1.165) is 10.3 Å². The summed E-state index contributed by atoms with van der Waals surface area (Å²) in [6, 6.07) is 7.87. The number of hydrogen-bond donors (Lipinski definition) is 0. The minimum absolute atomic E-state index is 0.805. The first-order valence-corrected chi connectivity index (χ1v) is 4.39. The Morgan fingerprint density at radius 3 is 2.22 bits per heavy atom. The molecule has 0 nitrogen and oxygen atoms in total. The molecule has 0 N–H and O–H groups in total. The average Bonchev–Trinajstić information content (AvgIpc) is 1.90. The molecule has 0 bridgehead atoms. The predicted molar refractivity (Wildman–Crippen MR) is 42.3 cm³/mol. The molecule has 0 heterocycles. The van der Waals surface area contributed by atoms with Crippen LogP contribution in [0.2, 0.25) is 5.02 Å². The number of hydrogen-bond acceptors (Lipinski definition) is 0. The predicted octanol–water partition coefficient (Wildman–Crippen LogP) is 1.74. The van der Waals surface area contributed by atoms with Gasteiger partial charge in [0, 0.05) is 0 Å². The zero-order valence-electron chi connectivity index (χ0n) is 4.84. The van der Waals surface area contributed by atoms with E-state index in [-0.39, 0.29) is 0 Å². The summed E-state index contributed by atoms with van der Waals surface area (Å²) in [4.78, 5) is 0. The number of benzene rings is 1. The minimum atomic E-state index is 0.805. The SMILES string of the molecule is Clc1ccc(C[SeH])cc1. The fraction of sp³-hybridized carbons (Fsp3) is 0.143. The Morgan fingerprint density at radius 2 is 1.78 bits per heavy atom. The monoisotopic (exact) mass is 206 g/mol. The van der Waals surface area contributed by atoms with Gasteiger partial charge >= 0.3 is 67.8 Å². The van der Waals surface area contributed by atoms with Crippen LogP contribution in [-0.4, -0.2) is 16.0 Å². The van der Waals surface area contributed by atoms with E-state index in [1.54, 1.807) is 0 Å². The second kappa shape index (κ2) is 3.26. The Morgan fingerprint density at radius 1 is 1.22 bits per heavy atom. The van der Waals surface area contributed by atoms with Gasteiger partial charge in [0.2, 0.25) is 0 Å². The molecule has 2 heteroatoms. The summed E-state index contributed by atoms with van der Waals surface area (Å²) in [5.74, 6) is 0. The summed E-state index contributed by atoms with van der Waals surface area (Å²) in [5.41, 5.74) is 1.31. The van der Waals surface area contributed by atoms with E-state index >= 15 is 0 Å². The zero-order chi connectivity index (χ0) is 6.69. The molecule has 0 amide bonds. The second-order valence-electron chi connectivity index (χ2n) is 1.78. The molecule has 0 atom stereocenters. The molecule has 1 aromatic carbocycles. The van der Waals surface area contributed by atoms with Crippen LogP contribution in [0.25, 0.3) is 0 Å². The molecule has 0 saturated heterocycles. The van der Waals surface area contributed by atoms with Crippen LogP contribution >= 0.6 is 11.6 Å². The Labute approximate surface area is 68.0 Å². The van der Waals surface area contributed by atoms with Crippen molar-refractivity contribution in [1.82, 2.24) is 0 Å². The van der Waals surface area contributed by atoms with Gasteiger partial charge in [-0.05, 0) is 0 Å². The van der Waals surface area contributed by atoms with Crippen LogP contribution in [0.3, 0.4) is 0 Å². The van der Waals surface area contributed by atoms with Crippen molar-refractivity contribution in [3.05, 3.63) is 34.9 Å². The van der Waals surface area contributed by atoms with E-state index in [1.165, 1.54) is 5.56 Å². The van der Waals surface area contributed by atoms with Crippen LogP contribution in [0.4, 0.5) is 0 Å². The summed E-state index contributed by atoms with van der Waals surface area (Å²) in [5, 5.41) is 1.82. The van der Waals surface area contributed by atoms with Crippen molar-refractivity contribution in [3.63, 3.8) is 0 Å². The van der Waals surface area contributed by atoms with Crippen molar-refractivity contribution in [1.29, 1.82) is 0 Å². The van der Waals surface area contributed by atoms with Gasteiger partial charge in [0.25, 0.3) is 0 Å². The van der Waals surface area contributed by atoms with E-state index in [2.05, 4.69) is 16.0 Å². The van der Waals surface area contributed by atoms with Crippen molar-refractivity contribution in [3.8, 4) is 0 Å². The molecule has 0 radical (unpaired) electrons. The van der Waals surface area contributed by atoms with Gasteiger partial charge in [-0.15, -0.1) is 0 Å². The van der Waals surface area contributed by atoms with Crippen LogP contribution in [-0.2, 0) is 5.32 Å². The normalized spacial score (nSPS) is 9.56. The molecule has 0 aliphatic heterocycles. The molecule has 0 unspecified atom stereocenters. The van der Waals surface area contributed by atoms with E-state index in [1.807, 2.05) is 24.3 Å². The van der Waals surface area contributed by atoms with Crippen LogP contribution in [0.5, 0.6) is 0 Å². The Balaban J connectivity index is 2.88. The van der Waals surface area contributed by atoms with E-state index < -0.39 is 0 Å². The third kappa shape index (κ3) is 2.02. The van der Waals surface area contributed by atoms with Crippen LogP contribution in [0.1, 0.15) is 5.56 Å². The van der Waals surface area contributed by atoms with Crippen molar-refractivity contribution in [2.24, 2.45) is 0 Å². The van der Waals surface area contributed by atoms with Crippen LogP contribution < -0.4 is 0 Å². The zero-order valence-corrected chi connectivity index (χ0v) is 7.47. The third-order valence-corrected chi connectivity index (χ3v) is 2.11. The first-order chi connectivity index (χ1) is 4.33. The molecular weight excluding hydrogens is 198 g/mol. The van der Waals surface area contributed by atoms with Crippen LogP contribution in [0, 0.1) is 0 Å². The van der Waals surface area contributed by atoms with Gasteiger partial charge in [-0.2, -0.15) is 0 Å². The molecule has 0 aliphatic carbocycles. The maximum absolute atomic E-state index is 5.66. The Bertz CT molecular complexity index is 181. The third-order valence-electron chi connectivity index (χ3n) is 1.10. The first kappa shape index (κ1) is 7.14. The van der Waals surface area contributed by atoms with Gasteiger partial charge in [0.1, 0.15) is 0 Å². The molecule has 9 heavy (non-hydrogen) atoms. The number of halogens is 1. The van der Waals surface area contributed by atoms with Crippen molar-refractivity contribution in [2.45, 2.75) is 5.32 Å². The fourth-order valence-corrected chi connectivity index (χ4v) is 1.16. The van der Waals surface area contributed by atoms with Gasteiger partial charge in [-0.25, -0.2) is 0 Å². The summed E-state index contributed by atoms with van der Waals surface area (Å²) in [6.07, 6.45) is 0. The van der Waals surface area contributed by atoms with Gasteiger partial charge < -0.3 is 0 Å². The number of rotatable bonds is 1. The molecule has 48 valence electrons. The average molecular weight is 206 g/mol.